The Morgan fingerprint density at radius 1 is 0.800 bits per heavy atom. The summed E-state index contributed by atoms with van der Waals surface area (Å²) < 4.78 is 12.4. The van der Waals surface area contributed by atoms with Crippen LogP contribution in [0.4, 0.5) is 9.59 Å². The fraction of sp³-hybridized carbons (Fsp3) is 0.525. The average Bonchev–Trinajstić information content (AvgIpc) is 3.17. The van der Waals surface area contributed by atoms with Gasteiger partial charge in [0.05, 0.1) is 24.6 Å². The summed E-state index contributed by atoms with van der Waals surface area (Å²) in [6, 6.07) is 13.5. The first-order valence-electron chi connectivity index (χ1n) is 18.4. The number of aromatic amines is 1. The molecule has 0 aliphatic carbocycles. The largest absolute Gasteiger partial charge is 1.00 e. The number of likely N-dealkylation sites (tertiary alicyclic amines) is 2. The van der Waals surface area contributed by atoms with Crippen LogP contribution in [0, 0.1) is 0 Å². The van der Waals surface area contributed by atoms with Gasteiger partial charge in [0.25, 0.3) is 12.0 Å². The first-order valence-corrected chi connectivity index (χ1v) is 19.3. The molecule has 17 nitrogen and oxygen atoms in total. The van der Waals surface area contributed by atoms with E-state index in [-0.39, 0.29) is 201 Å². The number of pyridine rings is 4. The number of fused-ring (bicyclic) bond motifs is 2. The fourth-order valence-corrected chi connectivity index (χ4v) is 6.16. The molecule has 4 aromatic heterocycles. The van der Waals surface area contributed by atoms with Crippen molar-refractivity contribution in [1.82, 2.24) is 29.3 Å². The van der Waals surface area contributed by atoms with Crippen molar-refractivity contribution < 1.29 is 183 Å². The summed E-state index contributed by atoms with van der Waals surface area (Å²) in [6.07, 6.45) is 2.84. The van der Waals surface area contributed by atoms with Crippen LogP contribution in [0.2, 0.25) is 0 Å². The molecule has 0 aromatic carbocycles. The topological polar surface area (TPSA) is 230 Å². The number of alkyl halides is 1. The molecule has 2 amide bonds. The number of aliphatic hydroxyl groups excluding tert-OH is 2. The third-order valence-corrected chi connectivity index (χ3v) is 9.31. The van der Waals surface area contributed by atoms with Crippen LogP contribution < -0.4 is 154 Å². The number of hydrogen-bond donors (Lipinski definition) is 3. The third kappa shape index (κ3) is 20.4. The van der Waals surface area contributed by atoms with Gasteiger partial charge < -0.3 is 46.0 Å². The van der Waals surface area contributed by atoms with Gasteiger partial charge in [0.2, 0.25) is 5.56 Å². The molecule has 322 valence electrons. The van der Waals surface area contributed by atoms with Gasteiger partial charge >= 0.3 is 150 Å². The Balaban J connectivity index is 0. The SMILES string of the molecule is C.CC(C)(C)OC(=O)N1CCC(Br)CC1.CC(C)(C)OC(=O)N1CCC(n2c(=O)ccc3ccc(CO)nc32)CC1.O=CO[O-].O=c1ccc2ccc(CO)nc2[nH]1.[Cs+].[Cs+].[H-]. The molecule has 2 saturated heterocycles. The Bertz CT molecular complexity index is 2070. The van der Waals surface area contributed by atoms with E-state index in [2.05, 4.69) is 35.8 Å². The maximum atomic E-state index is 12.5. The zero-order valence-corrected chi connectivity index (χ0v) is 49.3. The number of hydrogen-bond acceptors (Lipinski definition) is 13. The number of ether oxygens (including phenoxy) is 2. The zero-order chi connectivity index (χ0) is 42.3. The van der Waals surface area contributed by atoms with E-state index in [0.717, 1.165) is 36.7 Å². The van der Waals surface area contributed by atoms with Crippen molar-refractivity contribution in [2.24, 2.45) is 0 Å². The molecule has 0 radical (unpaired) electrons. The van der Waals surface area contributed by atoms with Gasteiger partial charge in [0, 0.05) is 60.0 Å². The second-order valence-electron chi connectivity index (χ2n) is 15.2. The summed E-state index contributed by atoms with van der Waals surface area (Å²) in [5.74, 6) is 0. The second-order valence-corrected chi connectivity index (χ2v) is 16.5. The number of amides is 2. The summed E-state index contributed by atoms with van der Waals surface area (Å²) >= 11 is 3.55. The minimum absolute atomic E-state index is 0. The van der Waals surface area contributed by atoms with E-state index in [1.54, 1.807) is 44.7 Å². The number of halogens is 1. The zero-order valence-electron chi connectivity index (χ0n) is 36.1. The van der Waals surface area contributed by atoms with Crippen molar-refractivity contribution in [1.29, 1.82) is 0 Å². The predicted octanol–water partition coefficient (Wildman–Crippen LogP) is -1.15. The summed E-state index contributed by atoms with van der Waals surface area (Å²) in [6.45, 7) is 13.4. The summed E-state index contributed by atoms with van der Waals surface area (Å²) in [7, 11) is 0. The van der Waals surface area contributed by atoms with Crippen LogP contribution >= 0.6 is 15.9 Å². The van der Waals surface area contributed by atoms with Crippen molar-refractivity contribution in [3.05, 3.63) is 80.6 Å². The molecule has 0 bridgehead atoms. The van der Waals surface area contributed by atoms with Crippen molar-refractivity contribution in [3.8, 4) is 0 Å². The number of nitrogens with one attached hydrogen (secondary N) is 1. The van der Waals surface area contributed by atoms with Crippen molar-refractivity contribution >= 4 is 56.7 Å². The van der Waals surface area contributed by atoms with Gasteiger partial charge in [-0.05, 0) is 104 Å². The summed E-state index contributed by atoms with van der Waals surface area (Å²) in [5.41, 5.74) is 0.968. The summed E-state index contributed by atoms with van der Waals surface area (Å²) in [4.78, 5) is 73.6. The Labute approximate surface area is 478 Å². The van der Waals surface area contributed by atoms with E-state index in [4.69, 9.17) is 24.6 Å². The number of aromatic nitrogens is 4. The minimum atomic E-state index is -0.523. The maximum Gasteiger partial charge on any atom is 1.00 e. The Hall–Kier alpha value is -0.806. The van der Waals surface area contributed by atoms with Gasteiger partial charge in [-0.2, -0.15) is 0 Å². The Kier molecular flexibility index (Phi) is 28.5. The molecule has 0 unspecified atom stereocenters. The molecule has 4 aromatic rings. The number of carbonyl (C=O) groups excluding carboxylic acids is 3. The number of piperidine rings is 2. The van der Waals surface area contributed by atoms with E-state index >= 15 is 0 Å². The third-order valence-electron chi connectivity index (χ3n) is 8.39. The van der Waals surface area contributed by atoms with E-state index in [1.807, 2.05) is 53.7 Å². The maximum absolute atomic E-state index is 12.5. The molecule has 0 saturated carbocycles. The van der Waals surface area contributed by atoms with Crippen molar-refractivity contribution in [2.75, 3.05) is 26.2 Å². The van der Waals surface area contributed by atoms with E-state index in [9.17, 15) is 24.3 Å². The van der Waals surface area contributed by atoms with Gasteiger partial charge in [-0.1, -0.05) is 23.4 Å². The van der Waals surface area contributed by atoms with E-state index in [1.165, 1.54) is 6.07 Å². The fourth-order valence-electron chi connectivity index (χ4n) is 5.76. The standard InChI is InChI=1S/C19H25N3O4.C10H18BrNO2.C9H8N2O2.CH2O3.CH4.2Cs.H/c1-19(2,3)26-18(25)21-10-8-15(9-11-21)22-16(24)7-5-13-4-6-14(12-23)20-17(13)22;1-10(2,3)14-9(13)12-6-4-8(11)5-7-12;12-5-7-3-1-6-2-4-8(13)11-9(6)10-7;2-1-4-3;;;;/h4-7,15,23H,8-12H2,1-3H3;8H,4-7H2,1-3H3;1-4,12H,5H2,(H,10,11,13);1,3H;1H4;;;/q;;;;;2*+1;-1/p-1. The number of nitrogens with zero attached hydrogens (tertiary/aromatic N) is 5. The van der Waals surface area contributed by atoms with Crippen molar-refractivity contribution in [3.63, 3.8) is 0 Å². The van der Waals surface area contributed by atoms with Crippen LogP contribution in [0.1, 0.15) is 93.5 Å². The second kappa shape index (κ2) is 28.9. The number of aliphatic hydroxyl groups is 2. The van der Waals surface area contributed by atoms with Crippen LogP contribution in [-0.2, 0) is 32.4 Å². The average molecular weight is 1140 g/mol. The van der Waals surface area contributed by atoms with E-state index in [0.29, 0.717) is 53.4 Å². The molecule has 6 rings (SSSR count). The first kappa shape index (κ1) is 59.2. The quantitative estimate of drug-likeness (QED) is 0.0951. The molecule has 2 fully saturated rings. The first-order chi connectivity index (χ1) is 26.9. The molecule has 0 spiro atoms. The van der Waals surface area contributed by atoms with Crippen LogP contribution in [-0.4, -0.2) is 100 Å². The van der Waals surface area contributed by atoms with Crippen LogP contribution in [0.5, 0.6) is 0 Å². The number of carbonyl (C=O) groups is 3. The van der Waals surface area contributed by atoms with Crippen LogP contribution in [0.15, 0.2) is 58.1 Å². The minimum Gasteiger partial charge on any atom is -1.00 e. The Morgan fingerprint density at radius 2 is 1.23 bits per heavy atom. The molecule has 3 N–H and O–H groups in total. The van der Waals surface area contributed by atoms with Crippen LogP contribution in [0.25, 0.3) is 22.1 Å². The predicted molar refractivity (Wildman–Crippen MR) is 221 cm³/mol. The molecule has 6 heterocycles. The van der Waals surface area contributed by atoms with Gasteiger partial charge in [0.15, 0.2) is 0 Å². The molecule has 2 aliphatic rings. The molecule has 0 atom stereocenters. The number of rotatable bonds is 4. The van der Waals surface area contributed by atoms with Crippen LogP contribution in [0.3, 0.4) is 0 Å². The number of H-pyrrole nitrogens is 1. The molecule has 20 heteroatoms. The molecular weight excluding hydrogens is 1090 g/mol. The Morgan fingerprint density at radius 3 is 1.70 bits per heavy atom. The smallest absolute Gasteiger partial charge is 1.00 e. The summed E-state index contributed by atoms with van der Waals surface area (Å²) in [5, 5.41) is 28.3. The normalized spacial score (nSPS) is 14.2. The molecule has 60 heavy (non-hydrogen) atoms. The van der Waals surface area contributed by atoms with Gasteiger partial charge in [-0.3, -0.25) is 19.0 Å². The van der Waals surface area contributed by atoms with Crippen molar-refractivity contribution in [2.45, 2.75) is 110 Å². The monoisotopic (exact) mass is 1140 g/mol. The van der Waals surface area contributed by atoms with E-state index < -0.39 is 5.60 Å². The van der Waals surface area contributed by atoms with Gasteiger partial charge in [-0.25, -0.2) is 19.6 Å². The van der Waals surface area contributed by atoms with Gasteiger partial charge in [-0.15, -0.1) is 0 Å². The molecular formula is C40H57BrCs2N6O11. The molecule has 2 aliphatic heterocycles. The van der Waals surface area contributed by atoms with Gasteiger partial charge in [0.1, 0.15) is 22.5 Å².